The largest absolute Gasteiger partial charge is 0.506 e. The molecule has 2 rings (SSSR count). The number of hydrogen-bond acceptors (Lipinski definition) is 2. The summed E-state index contributed by atoms with van der Waals surface area (Å²) >= 11 is 11.7. The summed E-state index contributed by atoms with van der Waals surface area (Å²) in [7, 11) is 0. The summed E-state index contributed by atoms with van der Waals surface area (Å²) in [6.07, 6.45) is 1.61. The van der Waals surface area contributed by atoms with Gasteiger partial charge in [0.05, 0.1) is 10.0 Å². The molecule has 0 amide bonds. The Bertz CT molecular complexity index is 500. The lowest BCUT2D eigenvalue weighted by Crippen LogP contribution is -1.83. The van der Waals surface area contributed by atoms with E-state index in [9.17, 15) is 5.11 Å². The summed E-state index contributed by atoms with van der Waals surface area (Å²) in [6, 6.07) is 8.34. The second-order valence-corrected chi connectivity index (χ2v) is 3.81. The van der Waals surface area contributed by atoms with E-state index in [0.717, 1.165) is 5.56 Å². The average molecular weight is 240 g/mol. The molecule has 0 spiro atoms. The SMILES string of the molecule is Oc1cccnc1-c1ccc(Cl)c(Cl)c1. The molecule has 0 bridgehead atoms. The van der Waals surface area contributed by atoms with E-state index in [-0.39, 0.29) is 5.75 Å². The minimum Gasteiger partial charge on any atom is -0.506 e. The fourth-order valence-corrected chi connectivity index (χ4v) is 1.56. The average Bonchev–Trinajstić information content (AvgIpc) is 2.23. The van der Waals surface area contributed by atoms with E-state index in [4.69, 9.17) is 23.2 Å². The van der Waals surface area contributed by atoms with Gasteiger partial charge in [-0.3, -0.25) is 4.98 Å². The predicted octanol–water partition coefficient (Wildman–Crippen LogP) is 3.76. The van der Waals surface area contributed by atoms with Gasteiger partial charge in [-0.2, -0.15) is 0 Å². The first-order chi connectivity index (χ1) is 7.18. The lowest BCUT2D eigenvalue weighted by atomic mass is 10.1. The fourth-order valence-electron chi connectivity index (χ4n) is 1.26. The molecule has 0 radical (unpaired) electrons. The normalized spacial score (nSPS) is 10.3. The third kappa shape index (κ3) is 2.06. The molecule has 0 fully saturated rings. The van der Waals surface area contributed by atoms with Crippen molar-refractivity contribution in [3.05, 3.63) is 46.6 Å². The van der Waals surface area contributed by atoms with Crippen molar-refractivity contribution < 1.29 is 5.11 Å². The van der Waals surface area contributed by atoms with Crippen molar-refractivity contribution in [2.24, 2.45) is 0 Å². The molecular formula is C11H7Cl2NO. The van der Waals surface area contributed by atoms with Crippen molar-refractivity contribution in [1.29, 1.82) is 0 Å². The van der Waals surface area contributed by atoms with Crippen LogP contribution in [0.25, 0.3) is 11.3 Å². The molecule has 0 saturated carbocycles. The minimum absolute atomic E-state index is 0.121. The van der Waals surface area contributed by atoms with E-state index in [1.54, 1.807) is 36.5 Å². The van der Waals surface area contributed by atoms with Crippen molar-refractivity contribution in [2.45, 2.75) is 0 Å². The first-order valence-corrected chi connectivity index (χ1v) is 5.03. The quantitative estimate of drug-likeness (QED) is 0.823. The summed E-state index contributed by atoms with van der Waals surface area (Å²) in [5.74, 6) is 0.121. The van der Waals surface area contributed by atoms with Gasteiger partial charge in [0.25, 0.3) is 0 Å². The summed E-state index contributed by atoms with van der Waals surface area (Å²) in [5, 5.41) is 10.5. The number of aromatic hydroxyl groups is 1. The van der Waals surface area contributed by atoms with Crippen LogP contribution >= 0.6 is 23.2 Å². The molecule has 4 heteroatoms. The van der Waals surface area contributed by atoms with Gasteiger partial charge in [0.1, 0.15) is 11.4 Å². The number of aromatic nitrogens is 1. The highest BCUT2D eigenvalue weighted by atomic mass is 35.5. The van der Waals surface area contributed by atoms with Crippen molar-refractivity contribution in [3.8, 4) is 17.0 Å². The Kier molecular flexibility index (Phi) is 2.80. The molecule has 0 aliphatic carbocycles. The van der Waals surface area contributed by atoms with E-state index >= 15 is 0 Å². The maximum Gasteiger partial charge on any atom is 0.141 e. The lowest BCUT2D eigenvalue weighted by molar-refractivity contribution is 0.475. The van der Waals surface area contributed by atoms with Crippen LogP contribution in [0.4, 0.5) is 0 Å². The Hall–Kier alpha value is -1.25. The molecule has 0 saturated heterocycles. The molecule has 15 heavy (non-hydrogen) atoms. The Labute approximate surface area is 97.1 Å². The van der Waals surface area contributed by atoms with Crippen LogP contribution in [-0.4, -0.2) is 10.1 Å². The molecule has 1 aromatic carbocycles. The third-order valence-electron chi connectivity index (χ3n) is 1.98. The second-order valence-electron chi connectivity index (χ2n) is 3.00. The topological polar surface area (TPSA) is 33.1 Å². The smallest absolute Gasteiger partial charge is 0.141 e. The predicted molar refractivity (Wildman–Crippen MR) is 61.4 cm³/mol. The molecule has 2 nitrogen and oxygen atoms in total. The monoisotopic (exact) mass is 239 g/mol. The molecule has 0 aliphatic rings. The van der Waals surface area contributed by atoms with Crippen LogP contribution in [0, 0.1) is 0 Å². The number of nitrogens with zero attached hydrogens (tertiary/aromatic N) is 1. The van der Waals surface area contributed by atoms with Crippen LogP contribution in [0.5, 0.6) is 5.75 Å². The first-order valence-electron chi connectivity index (χ1n) is 4.28. The minimum atomic E-state index is 0.121. The number of pyridine rings is 1. The van der Waals surface area contributed by atoms with Crippen LogP contribution < -0.4 is 0 Å². The number of rotatable bonds is 1. The molecule has 1 heterocycles. The van der Waals surface area contributed by atoms with Crippen LogP contribution in [-0.2, 0) is 0 Å². The van der Waals surface area contributed by atoms with Gasteiger partial charge < -0.3 is 5.11 Å². The number of benzene rings is 1. The van der Waals surface area contributed by atoms with Gasteiger partial charge in [0.2, 0.25) is 0 Å². The van der Waals surface area contributed by atoms with Crippen molar-refractivity contribution in [3.63, 3.8) is 0 Å². The van der Waals surface area contributed by atoms with Gasteiger partial charge >= 0.3 is 0 Å². The van der Waals surface area contributed by atoms with Gasteiger partial charge in [0.15, 0.2) is 0 Å². The molecule has 1 N–H and O–H groups in total. The molecule has 0 unspecified atom stereocenters. The zero-order valence-corrected chi connectivity index (χ0v) is 9.13. The number of halogens is 2. The maximum atomic E-state index is 9.59. The highest BCUT2D eigenvalue weighted by Crippen LogP contribution is 2.31. The molecule has 0 aliphatic heterocycles. The van der Waals surface area contributed by atoms with Crippen LogP contribution in [0.3, 0.4) is 0 Å². The van der Waals surface area contributed by atoms with Gasteiger partial charge in [-0.05, 0) is 24.3 Å². The molecule has 76 valence electrons. The van der Waals surface area contributed by atoms with Crippen molar-refractivity contribution >= 4 is 23.2 Å². The Morgan fingerprint density at radius 1 is 1.07 bits per heavy atom. The lowest BCUT2D eigenvalue weighted by Gasteiger charge is -2.04. The van der Waals surface area contributed by atoms with Gasteiger partial charge in [-0.1, -0.05) is 29.3 Å². The van der Waals surface area contributed by atoms with E-state index in [2.05, 4.69) is 4.98 Å². The van der Waals surface area contributed by atoms with Crippen molar-refractivity contribution in [1.82, 2.24) is 4.98 Å². The molecular weight excluding hydrogens is 233 g/mol. The van der Waals surface area contributed by atoms with E-state index in [0.29, 0.717) is 15.7 Å². The van der Waals surface area contributed by atoms with Crippen LogP contribution in [0.1, 0.15) is 0 Å². The van der Waals surface area contributed by atoms with Crippen LogP contribution in [0.15, 0.2) is 36.5 Å². The molecule has 1 aromatic heterocycles. The van der Waals surface area contributed by atoms with Crippen molar-refractivity contribution in [2.75, 3.05) is 0 Å². The van der Waals surface area contributed by atoms with Gasteiger partial charge in [0, 0.05) is 11.8 Å². The van der Waals surface area contributed by atoms with Gasteiger partial charge in [-0.15, -0.1) is 0 Å². The van der Waals surface area contributed by atoms with E-state index < -0.39 is 0 Å². The van der Waals surface area contributed by atoms with E-state index in [1.807, 2.05) is 0 Å². The summed E-state index contributed by atoms with van der Waals surface area (Å²) < 4.78 is 0. The fraction of sp³-hybridized carbons (Fsp3) is 0. The van der Waals surface area contributed by atoms with Gasteiger partial charge in [-0.25, -0.2) is 0 Å². The zero-order valence-electron chi connectivity index (χ0n) is 7.61. The summed E-state index contributed by atoms with van der Waals surface area (Å²) in [6.45, 7) is 0. The molecule has 0 atom stereocenters. The standard InChI is InChI=1S/C11H7Cl2NO/c12-8-4-3-7(6-9(8)13)11-10(15)2-1-5-14-11/h1-6,15H. The third-order valence-corrected chi connectivity index (χ3v) is 2.72. The second kappa shape index (κ2) is 4.09. The maximum absolute atomic E-state index is 9.59. The number of hydrogen-bond donors (Lipinski definition) is 1. The Morgan fingerprint density at radius 3 is 2.53 bits per heavy atom. The van der Waals surface area contributed by atoms with Crippen LogP contribution in [0.2, 0.25) is 10.0 Å². The zero-order chi connectivity index (χ0) is 10.8. The highest BCUT2D eigenvalue weighted by Gasteiger charge is 2.06. The van der Waals surface area contributed by atoms with E-state index in [1.165, 1.54) is 0 Å². The highest BCUT2D eigenvalue weighted by molar-refractivity contribution is 6.42. The first kappa shape index (κ1) is 10.3. The summed E-state index contributed by atoms with van der Waals surface area (Å²) in [5.41, 5.74) is 1.23. The summed E-state index contributed by atoms with van der Waals surface area (Å²) in [4.78, 5) is 4.07. The Balaban J connectivity index is 2.55. The molecule has 2 aromatic rings. The Morgan fingerprint density at radius 2 is 1.87 bits per heavy atom.